The Morgan fingerprint density at radius 2 is 2.05 bits per heavy atom. The first kappa shape index (κ1) is 17.0. The normalized spacial score (nSPS) is 20.1. The lowest BCUT2D eigenvalue weighted by Gasteiger charge is -2.32. The molecule has 2 heterocycles. The molecule has 1 aliphatic rings. The van der Waals surface area contributed by atoms with Crippen LogP contribution in [0.25, 0.3) is 0 Å². The van der Waals surface area contributed by atoms with E-state index in [1.807, 2.05) is 25.1 Å². The van der Waals surface area contributed by atoms with E-state index >= 15 is 0 Å². The summed E-state index contributed by atoms with van der Waals surface area (Å²) in [6, 6.07) is 3.59. The molecule has 0 saturated carbocycles. The van der Waals surface area contributed by atoms with E-state index in [1.165, 1.54) is 4.31 Å². The fourth-order valence-electron chi connectivity index (χ4n) is 2.32. The van der Waals surface area contributed by atoms with E-state index in [0.29, 0.717) is 19.0 Å². The number of anilines is 1. The van der Waals surface area contributed by atoms with E-state index in [4.69, 9.17) is 4.74 Å². The third-order valence-corrected chi connectivity index (χ3v) is 5.91. The van der Waals surface area contributed by atoms with Crippen molar-refractivity contribution in [2.45, 2.75) is 38.0 Å². The second-order valence-electron chi connectivity index (χ2n) is 5.96. The van der Waals surface area contributed by atoms with E-state index in [1.54, 1.807) is 19.9 Å². The predicted molar refractivity (Wildman–Crippen MR) is 85.6 cm³/mol. The molecule has 7 nitrogen and oxygen atoms in total. The van der Waals surface area contributed by atoms with Gasteiger partial charge < -0.3 is 9.64 Å². The first-order valence-electron chi connectivity index (χ1n) is 7.47. The zero-order valence-electron chi connectivity index (χ0n) is 13.6. The second kappa shape index (κ2) is 6.78. The first-order valence-corrected chi connectivity index (χ1v) is 8.97. The van der Waals surface area contributed by atoms with Gasteiger partial charge in [-0.25, -0.2) is 8.42 Å². The number of piperidine rings is 1. The van der Waals surface area contributed by atoms with E-state index in [0.717, 1.165) is 18.7 Å². The minimum absolute atomic E-state index is 0.179. The fourth-order valence-corrected chi connectivity index (χ4v) is 3.67. The fraction of sp³-hybridized carbons (Fsp3) is 0.714. The lowest BCUT2D eigenvalue weighted by atomic mass is 10.1. The minimum atomic E-state index is -3.23. The van der Waals surface area contributed by atoms with Crippen LogP contribution in [0, 0.1) is 0 Å². The topological polar surface area (TPSA) is 75.6 Å². The summed E-state index contributed by atoms with van der Waals surface area (Å²) in [5.74, 6) is 1.18. The van der Waals surface area contributed by atoms with Crippen LogP contribution in [0.4, 0.5) is 5.82 Å². The summed E-state index contributed by atoms with van der Waals surface area (Å²) in [6.45, 7) is 4.33. The van der Waals surface area contributed by atoms with E-state index in [2.05, 4.69) is 10.2 Å². The number of rotatable bonds is 5. The van der Waals surface area contributed by atoms with Gasteiger partial charge in [-0.3, -0.25) is 0 Å². The van der Waals surface area contributed by atoms with Crippen LogP contribution in [-0.2, 0) is 10.0 Å². The van der Waals surface area contributed by atoms with Crippen LogP contribution in [0.2, 0.25) is 0 Å². The molecule has 0 bridgehead atoms. The van der Waals surface area contributed by atoms with Gasteiger partial charge in [-0.15, -0.1) is 10.2 Å². The molecule has 1 aliphatic heterocycles. The summed E-state index contributed by atoms with van der Waals surface area (Å²) in [7, 11) is 0.546. The zero-order chi connectivity index (χ0) is 16.3. The van der Waals surface area contributed by atoms with Gasteiger partial charge in [0, 0.05) is 26.7 Å². The predicted octanol–water partition coefficient (Wildman–Crippen LogP) is 1.12. The summed E-state index contributed by atoms with van der Waals surface area (Å²) >= 11 is 0. The Hall–Kier alpha value is -1.41. The van der Waals surface area contributed by atoms with Crippen LogP contribution in [0.15, 0.2) is 12.1 Å². The van der Waals surface area contributed by atoms with Crippen LogP contribution in [0.3, 0.4) is 0 Å². The molecule has 2 rings (SSSR count). The largest absolute Gasteiger partial charge is 0.472 e. The van der Waals surface area contributed by atoms with Crippen molar-refractivity contribution in [3.8, 4) is 5.88 Å². The van der Waals surface area contributed by atoms with Gasteiger partial charge in [-0.2, -0.15) is 4.31 Å². The Morgan fingerprint density at radius 1 is 1.32 bits per heavy atom. The molecule has 0 aromatic carbocycles. The van der Waals surface area contributed by atoms with Crippen molar-refractivity contribution in [2.24, 2.45) is 0 Å². The van der Waals surface area contributed by atoms with E-state index in [9.17, 15) is 8.42 Å². The summed E-state index contributed by atoms with van der Waals surface area (Å²) in [5.41, 5.74) is 0. The Morgan fingerprint density at radius 3 is 2.59 bits per heavy atom. The maximum atomic E-state index is 12.2. The standard InChI is InChI=1S/C14H24N4O3S/c1-11(2)22(19,20)18-9-5-6-12(10-18)21-14-8-7-13(15-16-14)17(3)4/h7-8,11-12H,5-6,9-10H2,1-4H3. The van der Waals surface area contributed by atoms with Gasteiger partial charge in [-0.1, -0.05) is 0 Å². The van der Waals surface area contributed by atoms with Gasteiger partial charge in [0.2, 0.25) is 15.9 Å². The van der Waals surface area contributed by atoms with Crippen molar-refractivity contribution in [2.75, 3.05) is 32.1 Å². The quantitative estimate of drug-likeness (QED) is 0.806. The molecule has 0 amide bonds. The van der Waals surface area contributed by atoms with Crippen LogP contribution in [-0.4, -0.2) is 61.5 Å². The van der Waals surface area contributed by atoms with E-state index in [-0.39, 0.29) is 6.10 Å². The zero-order valence-corrected chi connectivity index (χ0v) is 14.4. The third-order valence-electron chi connectivity index (χ3n) is 3.67. The maximum absolute atomic E-state index is 12.2. The average molecular weight is 328 g/mol. The third kappa shape index (κ3) is 3.86. The van der Waals surface area contributed by atoms with Crippen molar-refractivity contribution in [3.63, 3.8) is 0 Å². The van der Waals surface area contributed by atoms with Crippen LogP contribution in [0.1, 0.15) is 26.7 Å². The van der Waals surface area contributed by atoms with Gasteiger partial charge in [0.25, 0.3) is 0 Å². The molecule has 1 aromatic heterocycles. The number of sulfonamides is 1. The number of hydrogen-bond donors (Lipinski definition) is 0. The maximum Gasteiger partial charge on any atom is 0.233 e. The molecule has 1 aromatic rings. The molecule has 0 radical (unpaired) electrons. The van der Waals surface area contributed by atoms with Crippen molar-refractivity contribution in [1.29, 1.82) is 0 Å². The summed E-state index contributed by atoms with van der Waals surface area (Å²) in [6.07, 6.45) is 1.43. The highest BCUT2D eigenvalue weighted by atomic mass is 32.2. The van der Waals surface area contributed by atoms with Crippen molar-refractivity contribution >= 4 is 15.8 Å². The molecular formula is C14H24N4O3S. The minimum Gasteiger partial charge on any atom is -0.472 e. The Kier molecular flexibility index (Phi) is 5.23. The van der Waals surface area contributed by atoms with Gasteiger partial charge in [0.15, 0.2) is 5.82 Å². The second-order valence-corrected chi connectivity index (χ2v) is 8.45. The van der Waals surface area contributed by atoms with Gasteiger partial charge in [0.05, 0.1) is 11.8 Å². The highest BCUT2D eigenvalue weighted by Crippen LogP contribution is 2.21. The van der Waals surface area contributed by atoms with Crippen LogP contribution in [0.5, 0.6) is 5.88 Å². The van der Waals surface area contributed by atoms with Gasteiger partial charge >= 0.3 is 0 Å². The summed E-state index contributed by atoms with van der Waals surface area (Å²) in [4.78, 5) is 1.86. The average Bonchev–Trinajstić information content (AvgIpc) is 2.48. The molecule has 0 N–H and O–H groups in total. The molecular weight excluding hydrogens is 304 g/mol. The molecule has 1 atom stereocenters. The number of aromatic nitrogens is 2. The van der Waals surface area contributed by atoms with Crippen molar-refractivity contribution in [3.05, 3.63) is 12.1 Å². The molecule has 1 unspecified atom stereocenters. The Bertz CT molecular complexity index is 587. The number of nitrogens with zero attached hydrogens (tertiary/aromatic N) is 4. The van der Waals surface area contributed by atoms with Crippen molar-refractivity contribution < 1.29 is 13.2 Å². The van der Waals surface area contributed by atoms with Crippen LogP contribution >= 0.6 is 0 Å². The van der Waals surface area contributed by atoms with Crippen molar-refractivity contribution in [1.82, 2.24) is 14.5 Å². The highest BCUT2D eigenvalue weighted by Gasteiger charge is 2.32. The number of ether oxygens (including phenoxy) is 1. The Balaban J connectivity index is 2.01. The Labute approximate surface area is 132 Å². The lowest BCUT2D eigenvalue weighted by Crippen LogP contribution is -2.46. The monoisotopic (exact) mass is 328 g/mol. The van der Waals surface area contributed by atoms with Gasteiger partial charge in [-0.05, 0) is 32.8 Å². The first-order chi connectivity index (χ1) is 10.3. The van der Waals surface area contributed by atoms with E-state index < -0.39 is 15.3 Å². The molecule has 0 spiro atoms. The molecule has 124 valence electrons. The molecule has 0 aliphatic carbocycles. The SMILES string of the molecule is CC(C)S(=O)(=O)N1CCCC(Oc2ccc(N(C)C)nn2)C1. The summed E-state index contributed by atoms with van der Waals surface area (Å²) < 4.78 is 31.8. The lowest BCUT2D eigenvalue weighted by molar-refractivity contribution is 0.123. The van der Waals surface area contributed by atoms with Gasteiger partial charge in [0.1, 0.15) is 6.10 Å². The molecule has 22 heavy (non-hydrogen) atoms. The smallest absolute Gasteiger partial charge is 0.233 e. The summed E-state index contributed by atoms with van der Waals surface area (Å²) in [5, 5.41) is 7.68. The highest BCUT2D eigenvalue weighted by molar-refractivity contribution is 7.89. The molecule has 1 fully saturated rings. The van der Waals surface area contributed by atoms with Crippen LogP contribution < -0.4 is 9.64 Å². The molecule has 8 heteroatoms. The number of hydrogen-bond acceptors (Lipinski definition) is 6. The molecule has 1 saturated heterocycles.